The number of carbonyl (C=O) groups is 2. The van der Waals surface area contributed by atoms with Crippen LogP contribution in [0.5, 0.6) is 0 Å². The maximum Gasteiger partial charge on any atom is 0.331 e. The van der Waals surface area contributed by atoms with Gasteiger partial charge in [-0.15, -0.1) is 0 Å². The van der Waals surface area contributed by atoms with Gasteiger partial charge >= 0.3 is 5.97 Å². The molecule has 0 fully saturated rings. The number of carbonyl (C=O) groups excluding carboxylic acids is 2. The monoisotopic (exact) mass is 381 g/mol. The summed E-state index contributed by atoms with van der Waals surface area (Å²) < 4.78 is 18.5. The minimum Gasteiger partial charge on any atom is -0.449 e. The summed E-state index contributed by atoms with van der Waals surface area (Å²) in [5.74, 6) is -1.99. The van der Waals surface area contributed by atoms with Gasteiger partial charge in [-0.1, -0.05) is 41.4 Å². The first-order chi connectivity index (χ1) is 11.9. The van der Waals surface area contributed by atoms with Gasteiger partial charge in [0.05, 0.1) is 5.69 Å². The van der Waals surface area contributed by atoms with Crippen molar-refractivity contribution in [2.75, 3.05) is 5.32 Å². The van der Waals surface area contributed by atoms with Crippen LogP contribution in [0, 0.1) is 5.82 Å². The van der Waals surface area contributed by atoms with Crippen molar-refractivity contribution < 1.29 is 18.7 Å². The smallest absolute Gasteiger partial charge is 0.331 e. The molecule has 0 aliphatic carbocycles. The minimum atomic E-state index is -1.11. The second-order valence-corrected chi connectivity index (χ2v) is 5.83. The lowest BCUT2D eigenvalue weighted by Gasteiger charge is -2.12. The Balaban J connectivity index is 1.97. The van der Waals surface area contributed by atoms with E-state index in [0.717, 1.165) is 6.08 Å². The Morgan fingerprint density at radius 1 is 1.12 bits per heavy atom. The summed E-state index contributed by atoms with van der Waals surface area (Å²) in [6.45, 7) is 1.38. The fourth-order valence-corrected chi connectivity index (χ4v) is 2.41. The Morgan fingerprint density at radius 2 is 1.76 bits per heavy atom. The first kappa shape index (κ1) is 19.0. The van der Waals surface area contributed by atoms with Gasteiger partial charge < -0.3 is 10.1 Å². The van der Waals surface area contributed by atoms with Crippen LogP contribution in [0.2, 0.25) is 10.0 Å². The van der Waals surface area contributed by atoms with Gasteiger partial charge in [-0.2, -0.15) is 0 Å². The lowest BCUT2D eigenvalue weighted by atomic mass is 10.2. The molecule has 0 aliphatic rings. The summed E-state index contributed by atoms with van der Waals surface area (Å²) in [6.07, 6.45) is 1.40. The molecule has 0 unspecified atom stereocenters. The molecule has 2 rings (SSSR count). The third kappa shape index (κ3) is 5.31. The number of halogens is 3. The quantitative estimate of drug-likeness (QED) is 0.602. The Kier molecular flexibility index (Phi) is 6.56. The number of ether oxygens (including phenoxy) is 1. The Morgan fingerprint density at radius 3 is 2.40 bits per heavy atom. The van der Waals surface area contributed by atoms with E-state index >= 15 is 0 Å². The Labute approximate surface area is 154 Å². The van der Waals surface area contributed by atoms with Crippen LogP contribution in [0.25, 0.3) is 6.08 Å². The van der Waals surface area contributed by atoms with E-state index in [0.29, 0.717) is 15.6 Å². The third-order valence-corrected chi connectivity index (χ3v) is 3.84. The summed E-state index contributed by atoms with van der Waals surface area (Å²) in [5, 5.41) is 3.10. The minimum absolute atomic E-state index is 0.00814. The molecule has 0 heterocycles. The maximum atomic E-state index is 13.5. The topological polar surface area (TPSA) is 55.4 Å². The molecule has 4 nitrogen and oxygen atoms in total. The van der Waals surface area contributed by atoms with Gasteiger partial charge in [0.15, 0.2) is 6.10 Å². The first-order valence-electron chi connectivity index (χ1n) is 7.26. The highest BCUT2D eigenvalue weighted by atomic mass is 35.5. The fraction of sp³-hybridized carbons (Fsp3) is 0.111. The van der Waals surface area contributed by atoms with Gasteiger partial charge in [0.1, 0.15) is 5.82 Å². The van der Waals surface area contributed by atoms with Crippen molar-refractivity contribution in [3.8, 4) is 0 Å². The highest BCUT2D eigenvalue weighted by Crippen LogP contribution is 2.25. The van der Waals surface area contributed by atoms with Crippen LogP contribution in [0.3, 0.4) is 0 Å². The van der Waals surface area contributed by atoms with Gasteiger partial charge in [-0.05, 0) is 37.3 Å². The zero-order chi connectivity index (χ0) is 18.4. The van der Waals surface area contributed by atoms with E-state index in [1.165, 1.54) is 31.2 Å². The van der Waals surface area contributed by atoms with Crippen LogP contribution in [0.1, 0.15) is 12.5 Å². The number of hydrogen-bond donors (Lipinski definition) is 1. The Bertz CT molecular complexity index is 803. The molecule has 7 heteroatoms. The number of amides is 1. The molecule has 0 radical (unpaired) electrons. The van der Waals surface area contributed by atoms with Gasteiger partial charge in [-0.3, -0.25) is 4.79 Å². The number of nitrogens with one attached hydrogen (secondary N) is 1. The summed E-state index contributed by atoms with van der Waals surface area (Å²) in [5.41, 5.74) is 0.472. The standard InChI is InChI=1S/C18H14Cl2FNO3/c1-11(18(24)22-16-8-3-2-7-15(16)21)25-17(23)10-9-12-13(19)5-4-6-14(12)20/h2-11H,1H3,(H,22,24)/b10-9+/t11-/m0/s1. The zero-order valence-corrected chi connectivity index (χ0v) is 14.6. The second kappa shape index (κ2) is 8.65. The van der Waals surface area contributed by atoms with Crippen LogP contribution in [0.4, 0.5) is 10.1 Å². The molecule has 1 amide bonds. The van der Waals surface area contributed by atoms with Crippen LogP contribution < -0.4 is 5.32 Å². The van der Waals surface area contributed by atoms with Crippen molar-refractivity contribution in [3.63, 3.8) is 0 Å². The van der Waals surface area contributed by atoms with Crippen LogP contribution in [-0.2, 0) is 14.3 Å². The normalized spacial score (nSPS) is 12.0. The first-order valence-corrected chi connectivity index (χ1v) is 8.02. The van der Waals surface area contributed by atoms with Gasteiger partial charge in [0, 0.05) is 21.7 Å². The average molecular weight is 382 g/mol. The average Bonchev–Trinajstić information content (AvgIpc) is 2.56. The SMILES string of the molecule is C[C@H](OC(=O)/C=C/c1c(Cl)cccc1Cl)C(=O)Nc1ccccc1F. The van der Waals surface area contributed by atoms with Gasteiger partial charge in [0.25, 0.3) is 5.91 Å². The molecule has 0 saturated heterocycles. The van der Waals surface area contributed by atoms with Gasteiger partial charge in [-0.25, -0.2) is 9.18 Å². The molecule has 1 N–H and O–H groups in total. The van der Waals surface area contributed by atoms with Crippen LogP contribution in [0.15, 0.2) is 48.5 Å². The van der Waals surface area contributed by atoms with E-state index < -0.39 is 23.8 Å². The molecule has 2 aromatic rings. The fourth-order valence-electron chi connectivity index (χ4n) is 1.89. The third-order valence-electron chi connectivity index (χ3n) is 3.18. The predicted molar refractivity (Wildman–Crippen MR) is 96.1 cm³/mol. The number of benzene rings is 2. The van der Waals surface area contributed by atoms with E-state index in [2.05, 4.69) is 5.32 Å². The molecule has 2 aromatic carbocycles. The van der Waals surface area contributed by atoms with Crippen LogP contribution in [-0.4, -0.2) is 18.0 Å². The van der Waals surface area contributed by atoms with E-state index in [4.69, 9.17) is 27.9 Å². The van der Waals surface area contributed by atoms with E-state index in [1.807, 2.05) is 0 Å². The summed E-state index contributed by atoms with van der Waals surface area (Å²) in [6, 6.07) is 10.6. The summed E-state index contributed by atoms with van der Waals surface area (Å²) in [4.78, 5) is 23.8. The molecular weight excluding hydrogens is 368 g/mol. The molecule has 0 bridgehead atoms. The van der Waals surface area contributed by atoms with Crippen molar-refractivity contribution in [3.05, 3.63) is 70.0 Å². The molecular formula is C18H14Cl2FNO3. The highest BCUT2D eigenvalue weighted by Gasteiger charge is 2.18. The lowest BCUT2D eigenvalue weighted by molar-refractivity contribution is -0.148. The van der Waals surface area contributed by atoms with E-state index in [9.17, 15) is 14.0 Å². The molecule has 0 aromatic heterocycles. The maximum absolute atomic E-state index is 13.5. The van der Waals surface area contributed by atoms with Crippen molar-refractivity contribution in [2.24, 2.45) is 0 Å². The van der Waals surface area contributed by atoms with Crippen molar-refractivity contribution in [2.45, 2.75) is 13.0 Å². The summed E-state index contributed by atoms with van der Waals surface area (Å²) in [7, 11) is 0. The summed E-state index contributed by atoms with van der Waals surface area (Å²) >= 11 is 12.0. The number of hydrogen-bond acceptors (Lipinski definition) is 3. The molecule has 0 saturated carbocycles. The molecule has 25 heavy (non-hydrogen) atoms. The molecule has 1 atom stereocenters. The number of anilines is 1. The van der Waals surface area contributed by atoms with E-state index in [-0.39, 0.29) is 5.69 Å². The highest BCUT2D eigenvalue weighted by molar-refractivity contribution is 6.37. The lowest BCUT2D eigenvalue weighted by Crippen LogP contribution is -2.29. The van der Waals surface area contributed by atoms with Gasteiger partial charge in [0.2, 0.25) is 0 Å². The molecule has 130 valence electrons. The van der Waals surface area contributed by atoms with Crippen molar-refractivity contribution >= 4 is 46.8 Å². The number of rotatable bonds is 5. The van der Waals surface area contributed by atoms with Crippen LogP contribution >= 0.6 is 23.2 Å². The largest absolute Gasteiger partial charge is 0.449 e. The Hall–Kier alpha value is -2.37. The molecule has 0 aliphatic heterocycles. The van der Waals surface area contributed by atoms with Crippen molar-refractivity contribution in [1.29, 1.82) is 0 Å². The van der Waals surface area contributed by atoms with E-state index in [1.54, 1.807) is 24.3 Å². The zero-order valence-electron chi connectivity index (χ0n) is 13.1. The number of esters is 1. The van der Waals surface area contributed by atoms with Crippen molar-refractivity contribution in [1.82, 2.24) is 0 Å². The predicted octanol–water partition coefficient (Wildman–Crippen LogP) is 4.72. The number of para-hydroxylation sites is 1. The molecule has 0 spiro atoms. The second-order valence-electron chi connectivity index (χ2n) is 5.02.